The van der Waals surface area contributed by atoms with Gasteiger partial charge in [0.15, 0.2) is 0 Å². The van der Waals surface area contributed by atoms with Crippen molar-refractivity contribution in [3.8, 4) is 0 Å². The molecule has 1 heterocycles. The number of nitrogens with two attached hydrogens (primary N) is 1. The van der Waals surface area contributed by atoms with E-state index in [1.165, 1.54) is 11.3 Å². The predicted octanol–water partition coefficient (Wildman–Crippen LogP) is 0.925. The molecule has 0 unspecified atom stereocenters. The number of aromatic nitrogens is 1. The molecular weight excluding hydrogens is 250 g/mol. The molecule has 0 bridgehead atoms. The molecule has 18 heavy (non-hydrogen) atoms. The monoisotopic (exact) mass is 271 g/mol. The van der Waals surface area contributed by atoms with E-state index in [0.29, 0.717) is 31.5 Å². The maximum absolute atomic E-state index is 11.8. The molecule has 102 valence electrons. The first kappa shape index (κ1) is 15.1. The molecule has 1 aromatic heterocycles. The molecule has 0 spiro atoms. The molecule has 6 heteroatoms. The average Bonchev–Trinajstić information content (AvgIpc) is 2.85. The lowest BCUT2D eigenvalue weighted by Gasteiger charge is -2.25. The number of amides is 1. The summed E-state index contributed by atoms with van der Waals surface area (Å²) in [6, 6.07) is 0. The molecule has 0 saturated carbocycles. The Labute approximate surface area is 111 Å². The minimum Gasteiger partial charge on any atom is -0.388 e. The van der Waals surface area contributed by atoms with Crippen molar-refractivity contribution in [2.24, 2.45) is 5.73 Å². The number of thiazole rings is 1. The van der Waals surface area contributed by atoms with Gasteiger partial charge in [-0.2, -0.15) is 0 Å². The predicted molar refractivity (Wildman–Crippen MR) is 72.7 cm³/mol. The minimum atomic E-state index is -0.828. The molecule has 0 aromatic carbocycles. The molecule has 1 amide bonds. The first-order valence-electron chi connectivity index (χ1n) is 6.19. The zero-order valence-corrected chi connectivity index (χ0v) is 11.7. The average molecular weight is 271 g/mol. The molecule has 0 aliphatic rings. The summed E-state index contributed by atoms with van der Waals surface area (Å²) < 4.78 is 0. The standard InChI is InChI=1S/C12H21N3O2S/c1-3-12(17,4-2)8-14-11(16)9-7-18-10(15-9)5-6-13/h7,17H,3-6,8,13H2,1-2H3,(H,14,16). The van der Waals surface area contributed by atoms with Crippen LogP contribution in [0.25, 0.3) is 0 Å². The number of nitrogens with one attached hydrogen (secondary N) is 1. The van der Waals surface area contributed by atoms with Crippen LogP contribution in [0.3, 0.4) is 0 Å². The third-order valence-corrected chi connectivity index (χ3v) is 3.95. The summed E-state index contributed by atoms with van der Waals surface area (Å²) in [6.45, 7) is 4.58. The zero-order chi connectivity index (χ0) is 13.6. The molecule has 0 atom stereocenters. The van der Waals surface area contributed by atoms with Crippen molar-refractivity contribution in [2.45, 2.75) is 38.7 Å². The fourth-order valence-electron chi connectivity index (χ4n) is 1.49. The van der Waals surface area contributed by atoms with Gasteiger partial charge in [-0.05, 0) is 19.4 Å². The lowest BCUT2D eigenvalue weighted by Crippen LogP contribution is -2.42. The van der Waals surface area contributed by atoms with Crippen LogP contribution in [0, 0.1) is 0 Å². The Morgan fingerprint density at radius 3 is 2.78 bits per heavy atom. The second kappa shape index (κ2) is 6.82. The van der Waals surface area contributed by atoms with Gasteiger partial charge in [-0.3, -0.25) is 4.79 Å². The van der Waals surface area contributed by atoms with Gasteiger partial charge in [-0.1, -0.05) is 13.8 Å². The maximum atomic E-state index is 11.8. The van der Waals surface area contributed by atoms with Crippen LogP contribution in [0.4, 0.5) is 0 Å². The van der Waals surface area contributed by atoms with E-state index < -0.39 is 5.60 Å². The van der Waals surface area contributed by atoms with Crippen LogP contribution in [0.1, 0.15) is 42.2 Å². The number of carbonyl (C=O) groups is 1. The SMILES string of the molecule is CCC(O)(CC)CNC(=O)c1csc(CCN)n1. The van der Waals surface area contributed by atoms with Crippen molar-refractivity contribution < 1.29 is 9.90 Å². The highest BCUT2D eigenvalue weighted by molar-refractivity contribution is 7.09. The third kappa shape index (κ3) is 4.04. The molecule has 0 aliphatic carbocycles. The van der Waals surface area contributed by atoms with Gasteiger partial charge in [0.05, 0.1) is 10.6 Å². The Bertz CT molecular complexity index is 388. The fraction of sp³-hybridized carbons (Fsp3) is 0.667. The van der Waals surface area contributed by atoms with Gasteiger partial charge in [-0.25, -0.2) is 4.98 Å². The number of aliphatic hydroxyl groups is 1. The Balaban J connectivity index is 2.54. The highest BCUT2D eigenvalue weighted by atomic mass is 32.1. The van der Waals surface area contributed by atoms with Crippen LogP contribution in [0.2, 0.25) is 0 Å². The zero-order valence-electron chi connectivity index (χ0n) is 10.9. The topological polar surface area (TPSA) is 88.2 Å². The number of hydrogen-bond donors (Lipinski definition) is 3. The smallest absolute Gasteiger partial charge is 0.270 e. The number of nitrogens with zero attached hydrogens (tertiary/aromatic N) is 1. The van der Waals surface area contributed by atoms with Crippen LogP contribution in [-0.2, 0) is 6.42 Å². The van der Waals surface area contributed by atoms with E-state index in [1.807, 2.05) is 13.8 Å². The van der Waals surface area contributed by atoms with Crippen LogP contribution in [0.5, 0.6) is 0 Å². The summed E-state index contributed by atoms with van der Waals surface area (Å²) in [4.78, 5) is 16.0. The molecule has 0 saturated heterocycles. The molecule has 0 fully saturated rings. The number of rotatable bonds is 7. The summed E-state index contributed by atoms with van der Waals surface area (Å²) in [7, 11) is 0. The van der Waals surface area contributed by atoms with Gasteiger partial charge >= 0.3 is 0 Å². The molecular formula is C12H21N3O2S. The van der Waals surface area contributed by atoms with Crippen molar-refractivity contribution in [2.75, 3.05) is 13.1 Å². The third-order valence-electron chi connectivity index (χ3n) is 3.04. The Kier molecular flexibility index (Phi) is 5.71. The molecule has 1 aromatic rings. The Morgan fingerprint density at radius 2 is 2.22 bits per heavy atom. The summed E-state index contributed by atoms with van der Waals surface area (Å²) in [6.07, 6.45) is 1.91. The molecule has 1 rings (SSSR count). The van der Waals surface area contributed by atoms with E-state index in [0.717, 1.165) is 5.01 Å². The lowest BCUT2D eigenvalue weighted by molar-refractivity contribution is 0.0313. The molecule has 5 nitrogen and oxygen atoms in total. The van der Waals surface area contributed by atoms with Crippen molar-refractivity contribution >= 4 is 17.2 Å². The van der Waals surface area contributed by atoms with Gasteiger partial charge in [0.25, 0.3) is 5.91 Å². The van der Waals surface area contributed by atoms with E-state index in [-0.39, 0.29) is 12.5 Å². The van der Waals surface area contributed by atoms with E-state index in [9.17, 15) is 9.90 Å². The largest absolute Gasteiger partial charge is 0.388 e. The number of hydrogen-bond acceptors (Lipinski definition) is 5. The van der Waals surface area contributed by atoms with Gasteiger partial charge in [0.2, 0.25) is 0 Å². The van der Waals surface area contributed by atoms with Gasteiger partial charge < -0.3 is 16.2 Å². The van der Waals surface area contributed by atoms with Gasteiger partial charge in [0.1, 0.15) is 5.69 Å². The van der Waals surface area contributed by atoms with Crippen LogP contribution in [0.15, 0.2) is 5.38 Å². The molecule has 0 radical (unpaired) electrons. The minimum absolute atomic E-state index is 0.241. The second-order valence-corrected chi connectivity index (χ2v) is 5.22. The van der Waals surface area contributed by atoms with Crippen LogP contribution >= 0.6 is 11.3 Å². The molecule has 0 aliphatic heterocycles. The van der Waals surface area contributed by atoms with E-state index in [4.69, 9.17) is 5.73 Å². The van der Waals surface area contributed by atoms with Gasteiger partial charge in [0, 0.05) is 18.3 Å². The lowest BCUT2D eigenvalue weighted by atomic mass is 9.97. The van der Waals surface area contributed by atoms with E-state index in [1.54, 1.807) is 5.38 Å². The summed E-state index contributed by atoms with van der Waals surface area (Å²) >= 11 is 1.43. The van der Waals surface area contributed by atoms with E-state index >= 15 is 0 Å². The summed E-state index contributed by atoms with van der Waals surface area (Å²) in [5.41, 5.74) is 5.00. The van der Waals surface area contributed by atoms with E-state index in [2.05, 4.69) is 10.3 Å². The number of carbonyl (C=O) groups excluding carboxylic acids is 1. The van der Waals surface area contributed by atoms with Crippen molar-refractivity contribution in [1.82, 2.24) is 10.3 Å². The summed E-state index contributed by atoms with van der Waals surface area (Å²) in [5, 5.41) is 15.4. The Morgan fingerprint density at radius 1 is 1.56 bits per heavy atom. The molecule has 4 N–H and O–H groups in total. The highest BCUT2D eigenvalue weighted by Gasteiger charge is 2.23. The van der Waals surface area contributed by atoms with Crippen LogP contribution < -0.4 is 11.1 Å². The fourth-order valence-corrected chi connectivity index (χ4v) is 2.28. The van der Waals surface area contributed by atoms with Crippen molar-refractivity contribution in [3.05, 3.63) is 16.1 Å². The maximum Gasteiger partial charge on any atom is 0.270 e. The highest BCUT2D eigenvalue weighted by Crippen LogP contribution is 2.14. The Hall–Kier alpha value is -0.980. The first-order valence-corrected chi connectivity index (χ1v) is 7.07. The van der Waals surface area contributed by atoms with Gasteiger partial charge in [-0.15, -0.1) is 11.3 Å². The normalized spacial score (nSPS) is 11.6. The van der Waals surface area contributed by atoms with Crippen molar-refractivity contribution in [3.63, 3.8) is 0 Å². The van der Waals surface area contributed by atoms with Crippen LogP contribution in [-0.4, -0.2) is 34.7 Å². The second-order valence-electron chi connectivity index (χ2n) is 4.28. The summed E-state index contributed by atoms with van der Waals surface area (Å²) in [5.74, 6) is -0.241. The quantitative estimate of drug-likeness (QED) is 0.688. The van der Waals surface area contributed by atoms with Crippen molar-refractivity contribution in [1.29, 1.82) is 0 Å². The first-order chi connectivity index (χ1) is 8.54.